The number of nitrogens with zero attached hydrogens (tertiary/aromatic N) is 2. The predicted molar refractivity (Wildman–Crippen MR) is 99.4 cm³/mol. The van der Waals surface area contributed by atoms with Crippen LogP contribution in [0.5, 0.6) is 0 Å². The van der Waals surface area contributed by atoms with E-state index in [1.54, 1.807) is 26.0 Å². The van der Waals surface area contributed by atoms with Crippen LogP contribution in [0.4, 0.5) is 5.69 Å². The fraction of sp³-hybridized carbons (Fsp3) is 0.222. The van der Waals surface area contributed by atoms with Crippen molar-refractivity contribution in [3.63, 3.8) is 0 Å². The summed E-state index contributed by atoms with van der Waals surface area (Å²) in [6, 6.07) is 13.8. The number of aliphatic imine (C=N–C) groups is 1. The average Bonchev–Trinajstić information content (AvgIpc) is 3.04. The van der Waals surface area contributed by atoms with E-state index in [4.69, 9.17) is 0 Å². The van der Waals surface area contributed by atoms with Crippen LogP contribution >= 0.6 is 11.3 Å². The van der Waals surface area contributed by atoms with E-state index in [0.717, 1.165) is 26.9 Å². The molecule has 0 saturated heterocycles. The van der Waals surface area contributed by atoms with Gasteiger partial charge in [0.15, 0.2) is 0 Å². The standard InChI is InChI=1S/C18H21N3OS/c1-13(19-2)12-15(20-14-8-6-5-7-9-14)16-10-11-17(23-16)18(22)21(3)4/h5-12,20H,1-4H3/b15-12-,19-13-. The van der Waals surface area contributed by atoms with E-state index >= 15 is 0 Å². The molecular weight excluding hydrogens is 306 g/mol. The lowest BCUT2D eigenvalue weighted by Gasteiger charge is -2.10. The Morgan fingerprint density at radius 3 is 2.39 bits per heavy atom. The molecule has 5 heteroatoms. The van der Waals surface area contributed by atoms with Crippen molar-refractivity contribution in [1.29, 1.82) is 0 Å². The Hall–Kier alpha value is -2.40. The molecule has 1 aromatic carbocycles. The smallest absolute Gasteiger partial charge is 0.263 e. The molecular formula is C18H21N3OS. The highest BCUT2D eigenvalue weighted by Crippen LogP contribution is 2.26. The van der Waals surface area contributed by atoms with Crippen molar-refractivity contribution >= 4 is 34.3 Å². The van der Waals surface area contributed by atoms with Crippen LogP contribution < -0.4 is 5.32 Å². The first kappa shape index (κ1) is 17.0. The Labute approximate surface area is 141 Å². The number of thiophene rings is 1. The SMILES string of the molecule is C/N=C(C)\C=C(/Nc1ccccc1)c1ccc(C(=O)N(C)C)s1. The van der Waals surface area contributed by atoms with Crippen molar-refractivity contribution in [3.05, 3.63) is 58.3 Å². The molecule has 1 heterocycles. The number of rotatable bonds is 5. The first-order chi connectivity index (χ1) is 11.0. The van der Waals surface area contributed by atoms with Gasteiger partial charge in [-0.3, -0.25) is 9.79 Å². The summed E-state index contributed by atoms with van der Waals surface area (Å²) in [4.78, 5) is 19.6. The summed E-state index contributed by atoms with van der Waals surface area (Å²) in [6.45, 7) is 1.95. The van der Waals surface area contributed by atoms with Crippen LogP contribution in [-0.4, -0.2) is 37.7 Å². The second-order valence-corrected chi connectivity index (χ2v) is 6.36. The predicted octanol–water partition coefficient (Wildman–Crippen LogP) is 3.99. The van der Waals surface area contributed by atoms with E-state index in [9.17, 15) is 4.79 Å². The van der Waals surface area contributed by atoms with Gasteiger partial charge in [-0.1, -0.05) is 18.2 Å². The van der Waals surface area contributed by atoms with E-state index < -0.39 is 0 Å². The van der Waals surface area contributed by atoms with Gasteiger partial charge in [-0.05, 0) is 37.3 Å². The second kappa shape index (κ2) is 7.74. The minimum Gasteiger partial charge on any atom is -0.354 e. The summed E-state index contributed by atoms with van der Waals surface area (Å²) >= 11 is 1.47. The second-order valence-electron chi connectivity index (χ2n) is 5.28. The fourth-order valence-electron chi connectivity index (χ4n) is 1.94. The highest BCUT2D eigenvalue weighted by Gasteiger charge is 2.13. The lowest BCUT2D eigenvalue weighted by Crippen LogP contribution is -2.20. The van der Waals surface area contributed by atoms with E-state index in [1.165, 1.54) is 11.3 Å². The molecule has 0 aliphatic heterocycles. The molecule has 1 amide bonds. The maximum Gasteiger partial charge on any atom is 0.263 e. The molecule has 4 nitrogen and oxygen atoms in total. The van der Waals surface area contributed by atoms with Crippen LogP contribution in [-0.2, 0) is 0 Å². The summed E-state index contributed by atoms with van der Waals surface area (Å²) in [5.74, 6) is 0.0150. The molecule has 0 bridgehead atoms. The van der Waals surface area contributed by atoms with E-state index in [2.05, 4.69) is 10.3 Å². The van der Waals surface area contributed by atoms with Gasteiger partial charge < -0.3 is 10.2 Å². The molecule has 1 N–H and O–H groups in total. The summed E-state index contributed by atoms with van der Waals surface area (Å²) in [5.41, 5.74) is 2.84. The van der Waals surface area contributed by atoms with Crippen LogP contribution in [0.2, 0.25) is 0 Å². The van der Waals surface area contributed by atoms with Crippen molar-refractivity contribution in [1.82, 2.24) is 4.90 Å². The number of carbonyl (C=O) groups excluding carboxylic acids is 1. The van der Waals surface area contributed by atoms with E-state index in [-0.39, 0.29) is 5.91 Å². The molecule has 2 rings (SSSR count). The molecule has 0 radical (unpaired) electrons. The Balaban J connectivity index is 2.35. The lowest BCUT2D eigenvalue weighted by molar-refractivity contribution is 0.0832. The summed E-state index contributed by atoms with van der Waals surface area (Å²) < 4.78 is 0. The highest BCUT2D eigenvalue weighted by molar-refractivity contribution is 7.15. The van der Waals surface area contributed by atoms with Crippen LogP contribution in [0.25, 0.3) is 5.70 Å². The number of amides is 1. The Bertz CT molecular complexity index is 730. The molecule has 0 unspecified atom stereocenters. The van der Waals surface area contributed by atoms with Crippen LogP contribution in [0.3, 0.4) is 0 Å². The van der Waals surface area contributed by atoms with Gasteiger partial charge in [-0.2, -0.15) is 0 Å². The van der Waals surface area contributed by atoms with Gasteiger partial charge in [0.25, 0.3) is 5.91 Å². The minimum absolute atomic E-state index is 0.0150. The number of benzene rings is 1. The molecule has 1 aromatic heterocycles. The molecule has 0 fully saturated rings. The Morgan fingerprint density at radius 1 is 1.13 bits per heavy atom. The molecule has 0 aliphatic carbocycles. The first-order valence-corrected chi connectivity index (χ1v) is 8.12. The molecule has 0 atom stereocenters. The van der Waals surface area contributed by atoms with Crippen molar-refractivity contribution in [2.24, 2.45) is 4.99 Å². The highest BCUT2D eigenvalue weighted by atomic mass is 32.1. The molecule has 120 valence electrons. The van der Waals surface area contributed by atoms with Gasteiger partial charge >= 0.3 is 0 Å². The number of hydrogen-bond acceptors (Lipinski definition) is 4. The van der Waals surface area contributed by atoms with Crippen LogP contribution in [0.15, 0.2) is 53.5 Å². The third-order valence-corrected chi connectivity index (χ3v) is 4.35. The number of nitrogens with one attached hydrogen (secondary N) is 1. The fourth-order valence-corrected chi connectivity index (χ4v) is 2.94. The van der Waals surface area contributed by atoms with Gasteiger partial charge in [-0.25, -0.2) is 0 Å². The summed E-state index contributed by atoms with van der Waals surface area (Å²) in [6.07, 6.45) is 1.99. The van der Waals surface area contributed by atoms with Gasteiger partial charge in [0, 0.05) is 32.5 Å². The number of hydrogen-bond donors (Lipinski definition) is 1. The molecule has 0 aliphatic rings. The first-order valence-electron chi connectivity index (χ1n) is 7.30. The number of anilines is 1. The van der Waals surface area contributed by atoms with E-state index in [0.29, 0.717) is 0 Å². The van der Waals surface area contributed by atoms with Crippen LogP contribution in [0.1, 0.15) is 21.5 Å². The minimum atomic E-state index is 0.0150. The molecule has 0 saturated carbocycles. The van der Waals surface area contributed by atoms with E-state index in [1.807, 2.05) is 55.5 Å². The largest absolute Gasteiger partial charge is 0.354 e. The van der Waals surface area contributed by atoms with Crippen molar-refractivity contribution < 1.29 is 4.79 Å². The monoisotopic (exact) mass is 327 g/mol. The molecule has 23 heavy (non-hydrogen) atoms. The molecule has 0 spiro atoms. The summed E-state index contributed by atoms with van der Waals surface area (Å²) in [7, 11) is 5.28. The zero-order chi connectivity index (χ0) is 16.8. The zero-order valence-electron chi connectivity index (χ0n) is 13.8. The number of para-hydroxylation sites is 1. The van der Waals surface area contributed by atoms with Crippen molar-refractivity contribution in [2.75, 3.05) is 26.5 Å². The number of carbonyl (C=O) groups is 1. The maximum atomic E-state index is 12.1. The maximum absolute atomic E-state index is 12.1. The quantitative estimate of drug-likeness (QED) is 0.844. The van der Waals surface area contributed by atoms with Gasteiger partial charge in [0.2, 0.25) is 0 Å². The van der Waals surface area contributed by atoms with Crippen molar-refractivity contribution in [3.8, 4) is 0 Å². The summed E-state index contributed by atoms with van der Waals surface area (Å²) in [5, 5.41) is 3.41. The van der Waals surface area contributed by atoms with Crippen molar-refractivity contribution in [2.45, 2.75) is 6.92 Å². The topological polar surface area (TPSA) is 44.7 Å². The van der Waals surface area contributed by atoms with Crippen LogP contribution in [0, 0.1) is 0 Å². The third-order valence-electron chi connectivity index (χ3n) is 3.25. The third kappa shape index (κ3) is 4.53. The lowest BCUT2D eigenvalue weighted by atomic mass is 10.2. The molecule has 2 aromatic rings. The normalized spacial score (nSPS) is 12.2. The number of allylic oxidation sites excluding steroid dienone is 1. The van der Waals surface area contributed by atoms with Gasteiger partial charge in [-0.15, -0.1) is 11.3 Å². The Kier molecular flexibility index (Phi) is 5.71. The van der Waals surface area contributed by atoms with Gasteiger partial charge in [0.05, 0.1) is 15.5 Å². The Morgan fingerprint density at radius 2 is 1.78 bits per heavy atom. The zero-order valence-corrected chi connectivity index (χ0v) is 14.6. The average molecular weight is 327 g/mol. The van der Waals surface area contributed by atoms with Gasteiger partial charge in [0.1, 0.15) is 0 Å².